The summed E-state index contributed by atoms with van der Waals surface area (Å²) in [4.78, 5) is 16.5. The third-order valence-electron chi connectivity index (χ3n) is 3.56. The van der Waals surface area contributed by atoms with Crippen LogP contribution in [0.25, 0.3) is 0 Å². The van der Waals surface area contributed by atoms with E-state index in [1.54, 1.807) is 16.9 Å². The lowest BCUT2D eigenvalue weighted by Gasteiger charge is -2.04. The minimum absolute atomic E-state index is 0.157. The molecule has 1 N–H and O–H groups in total. The fourth-order valence-electron chi connectivity index (χ4n) is 2.25. The summed E-state index contributed by atoms with van der Waals surface area (Å²) in [6.07, 6.45) is 4.53. The monoisotopic (exact) mass is 306 g/mol. The van der Waals surface area contributed by atoms with Crippen molar-refractivity contribution < 1.29 is 4.79 Å². The van der Waals surface area contributed by atoms with Gasteiger partial charge in [0.15, 0.2) is 5.82 Å². The van der Waals surface area contributed by atoms with Crippen molar-refractivity contribution in [3.63, 3.8) is 0 Å². The van der Waals surface area contributed by atoms with Gasteiger partial charge in [0.2, 0.25) is 0 Å². The Hall–Kier alpha value is -2.95. The number of carbonyl (C=O) groups excluding carboxylic acids is 1. The standard InChI is InChI=1S/C18H18N4O/c1-2-14-6-8-15(9-7-14)18(23)20-17-10-12-22(21-17)13-16-5-3-4-11-19-16/h3-12H,2,13H2,1H3,(H,20,21,23). The summed E-state index contributed by atoms with van der Waals surface area (Å²) in [7, 11) is 0. The minimum Gasteiger partial charge on any atom is -0.305 e. The molecule has 3 aromatic rings. The fraction of sp³-hybridized carbons (Fsp3) is 0.167. The molecule has 0 aliphatic rings. The van der Waals surface area contributed by atoms with E-state index in [1.165, 1.54) is 5.56 Å². The van der Waals surface area contributed by atoms with E-state index < -0.39 is 0 Å². The van der Waals surface area contributed by atoms with Crippen molar-refractivity contribution >= 4 is 11.7 Å². The summed E-state index contributed by atoms with van der Waals surface area (Å²) in [5, 5.41) is 7.16. The van der Waals surface area contributed by atoms with Crippen LogP contribution in [0.15, 0.2) is 60.9 Å². The van der Waals surface area contributed by atoms with Crippen LogP contribution < -0.4 is 5.32 Å². The topological polar surface area (TPSA) is 59.8 Å². The SMILES string of the molecule is CCc1ccc(C(=O)Nc2ccn(Cc3ccccn3)n2)cc1. The Labute approximate surface area is 135 Å². The largest absolute Gasteiger partial charge is 0.305 e. The number of aromatic nitrogens is 3. The van der Waals surface area contributed by atoms with Gasteiger partial charge in [0, 0.05) is 24.0 Å². The maximum atomic E-state index is 12.2. The molecular weight excluding hydrogens is 288 g/mol. The van der Waals surface area contributed by atoms with Crippen LogP contribution in [0.4, 0.5) is 5.82 Å². The van der Waals surface area contributed by atoms with E-state index in [-0.39, 0.29) is 5.91 Å². The molecule has 0 saturated heterocycles. The molecule has 1 amide bonds. The van der Waals surface area contributed by atoms with Gasteiger partial charge in [-0.2, -0.15) is 5.10 Å². The molecule has 23 heavy (non-hydrogen) atoms. The highest BCUT2D eigenvalue weighted by atomic mass is 16.1. The van der Waals surface area contributed by atoms with Crippen molar-refractivity contribution in [1.82, 2.24) is 14.8 Å². The van der Waals surface area contributed by atoms with E-state index in [0.29, 0.717) is 17.9 Å². The average molecular weight is 306 g/mol. The van der Waals surface area contributed by atoms with Crippen LogP contribution in [-0.4, -0.2) is 20.7 Å². The Morgan fingerprint density at radius 1 is 1.13 bits per heavy atom. The molecule has 2 heterocycles. The fourth-order valence-corrected chi connectivity index (χ4v) is 2.25. The predicted octanol–water partition coefficient (Wildman–Crippen LogP) is 3.14. The Morgan fingerprint density at radius 3 is 2.65 bits per heavy atom. The molecule has 5 heteroatoms. The van der Waals surface area contributed by atoms with Crippen molar-refractivity contribution in [2.24, 2.45) is 0 Å². The summed E-state index contributed by atoms with van der Waals surface area (Å²) in [5.41, 5.74) is 2.76. The molecule has 3 rings (SSSR count). The first-order valence-electron chi connectivity index (χ1n) is 7.58. The highest BCUT2D eigenvalue weighted by Gasteiger charge is 2.08. The lowest BCUT2D eigenvalue weighted by atomic mass is 10.1. The molecule has 116 valence electrons. The number of hydrogen-bond donors (Lipinski definition) is 1. The van der Waals surface area contributed by atoms with E-state index in [2.05, 4.69) is 22.3 Å². The number of nitrogens with zero attached hydrogens (tertiary/aromatic N) is 3. The first-order valence-corrected chi connectivity index (χ1v) is 7.58. The molecule has 0 atom stereocenters. The third-order valence-corrected chi connectivity index (χ3v) is 3.56. The molecule has 0 aliphatic carbocycles. The van der Waals surface area contributed by atoms with E-state index in [1.807, 2.05) is 48.7 Å². The quantitative estimate of drug-likeness (QED) is 0.788. The van der Waals surface area contributed by atoms with Gasteiger partial charge in [-0.3, -0.25) is 14.5 Å². The molecular formula is C18H18N4O. The number of benzene rings is 1. The molecule has 0 spiro atoms. The van der Waals surface area contributed by atoms with Gasteiger partial charge in [-0.15, -0.1) is 0 Å². The zero-order valence-electron chi connectivity index (χ0n) is 12.9. The van der Waals surface area contributed by atoms with Crippen LogP contribution in [0.3, 0.4) is 0 Å². The smallest absolute Gasteiger partial charge is 0.256 e. The lowest BCUT2D eigenvalue weighted by molar-refractivity contribution is 0.102. The minimum atomic E-state index is -0.157. The van der Waals surface area contributed by atoms with Crippen molar-refractivity contribution in [2.75, 3.05) is 5.32 Å². The second-order valence-electron chi connectivity index (χ2n) is 5.22. The highest BCUT2D eigenvalue weighted by molar-refractivity contribution is 6.03. The van der Waals surface area contributed by atoms with Crippen LogP contribution in [-0.2, 0) is 13.0 Å². The maximum Gasteiger partial charge on any atom is 0.256 e. The van der Waals surface area contributed by atoms with E-state index in [4.69, 9.17) is 0 Å². The number of anilines is 1. The predicted molar refractivity (Wildman–Crippen MR) is 89.3 cm³/mol. The molecule has 5 nitrogen and oxygen atoms in total. The lowest BCUT2D eigenvalue weighted by Crippen LogP contribution is -2.13. The van der Waals surface area contributed by atoms with Crippen molar-refractivity contribution in [1.29, 1.82) is 0 Å². The van der Waals surface area contributed by atoms with Gasteiger partial charge in [0.05, 0.1) is 12.2 Å². The van der Waals surface area contributed by atoms with Crippen molar-refractivity contribution in [3.05, 3.63) is 77.7 Å². The third kappa shape index (κ3) is 3.83. The second kappa shape index (κ2) is 6.87. The molecule has 0 aliphatic heterocycles. The van der Waals surface area contributed by atoms with Gasteiger partial charge in [0.25, 0.3) is 5.91 Å². The molecule has 0 fully saturated rings. The first kappa shape index (κ1) is 15.0. The molecule has 0 radical (unpaired) electrons. The van der Waals surface area contributed by atoms with Crippen LogP contribution in [0.1, 0.15) is 28.5 Å². The van der Waals surface area contributed by atoms with Gasteiger partial charge in [-0.25, -0.2) is 0 Å². The summed E-state index contributed by atoms with van der Waals surface area (Å²) in [6.45, 7) is 2.66. The van der Waals surface area contributed by atoms with Crippen LogP contribution in [0.5, 0.6) is 0 Å². The molecule has 1 aromatic carbocycles. The second-order valence-corrected chi connectivity index (χ2v) is 5.22. The van der Waals surface area contributed by atoms with Crippen molar-refractivity contribution in [2.45, 2.75) is 19.9 Å². The Balaban J connectivity index is 1.65. The van der Waals surface area contributed by atoms with Gasteiger partial charge >= 0.3 is 0 Å². The Bertz CT molecular complexity index is 778. The van der Waals surface area contributed by atoms with Crippen molar-refractivity contribution in [3.8, 4) is 0 Å². The summed E-state index contributed by atoms with van der Waals surface area (Å²) in [6, 6.07) is 15.1. The molecule has 2 aromatic heterocycles. The molecule has 0 unspecified atom stereocenters. The Morgan fingerprint density at radius 2 is 1.96 bits per heavy atom. The number of aryl methyl sites for hydroxylation is 1. The number of carbonyl (C=O) groups is 1. The number of nitrogens with one attached hydrogen (secondary N) is 1. The van der Waals surface area contributed by atoms with Gasteiger partial charge < -0.3 is 5.32 Å². The molecule has 0 saturated carbocycles. The van der Waals surface area contributed by atoms with Gasteiger partial charge in [-0.05, 0) is 36.2 Å². The number of rotatable bonds is 5. The highest BCUT2D eigenvalue weighted by Crippen LogP contribution is 2.09. The van der Waals surface area contributed by atoms with Gasteiger partial charge in [-0.1, -0.05) is 25.1 Å². The summed E-state index contributed by atoms with van der Waals surface area (Å²) < 4.78 is 1.75. The average Bonchev–Trinajstić information content (AvgIpc) is 3.02. The number of amides is 1. The Kier molecular flexibility index (Phi) is 4.47. The van der Waals surface area contributed by atoms with Crippen LogP contribution >= 0.6 is 0 Å². The van der Waals surface area contributed by atoms with Gasteiger partial charge in [0.1, 0.15) is 0 Å². The summed E-state index contributed by atoms with van der Waals surface area (Å²) >= 11 is 0. The van der Waals surface area contributed by atoms with E-state index in [9.17, 15) is 4.79 Å². The van der Waals surface area contributed by atoms with Crippen LogP contribution in [0.2, 0.25) is 0 Å². The molecule has 0 bridgehead atoms. The zero-order chi connectivity index (χ0) is 16.1. The maximum absolute atomic E-state index is 12.2. The first-order chi connectivity index (χ1) is 11.2. The normalized spacial score (nSPS) is 10.5. The van der Waals surface area contributed by atoms with Crippen LogP contribution in [0, 0.1) is 0 Å². The zero-order valence-corrected chi connectivity index (χ0v) is 12.9. The van der Waals surface area contributed by atoms with E-state index >= 15 is 0 Å². The number of hydrogen-bond acceptors (Lipinski definition) is 3. The van der Waals surface area contributed by atoms with E-state index in [0.717, 1.165) is 12.1 Å². The summed E-state index contributed by atoms with van der Waals surface area (Å²) in [5.74, 6) is 0.376. The number of pyridine rings is 1.